The first-order valence-electron chi connectivity index (χ1n) is 9.83. The van der Waals surface area contributed by atoms with Crippen LogP contribution in [0.3, 0.4) is 0 Å². The van der Waals surface area contributed by atoms with E-state index in [9.17, 15) is 4.79 Å². The van der Waals surface area contributed by atoms with Crippen LogP contribution in [0.25, 0.3) is 22.1 Å². The number of amides is 1. The van der Waals surface area contributed by atoms with Gasteiger partial charge in [-0.3, -0.25) is 9.78 Å². The molecule has 5 rings (SSSR count). The summed E-state index contributed by atoms with van der Waals surface area (Å²) >= 11 is 0. The molecule has 0 unspecified atom stereocenters. The van der Waals surface area contributed by atoms with Gasteiger partial charge < -0.3 is 14.6 Å². The number of fused-ring (bicyclic) bond motifs is 3. The van der Waals surface area contributed by atoms with Gasteiger partial charge in [0, 0.05) is 37.4 Å². The van der Waals surface area contributed by atoms with Crippen molar-refractivity contribution in [2.75, 3.05) is 18.0 Å². The van der Waals surface area contributed by atoms with E-state index in [1.54, 1.807) is 18.7 Å². The number of para-hydroxylation sites is 1. The van der Waals surface area contributed by atoms with Gasteiger partial charge in [-0.1, -0.05) is 12.1 Å². The summed E-state index contributed by atoms with van der Waals surface area (Å²) in [5.74, 6) is 0.749. The van der Waals surface area contributed by atoms with E-state index in [0.717, 1.165) is 47.3 Å². The van der Waals surface area contributed by atoms with Crippen molar-refractivity contribution in [3.63, 3.8) is 0 Å². The Kier molecular flexibility index (Phi) is 4.56. The van der Waals surface area contributed by atoms with Crippen molar-refractivity contribution in [1.29, 1.82) is 0 Å². The van der Waals surface area contributed by atoms with Gasteiger partial charge in [-0.25, -0.2) is 9.97 Å². The third-order valence-electron chi connectivity index (χ3n) is 5.45. The predicted molar refractivity (Wildman–Crippen MR) is 110 cm³/mol. The molecule has 1 aliphatic rings. The standard InChI is InChI=1S/C22H21N5O2/c28-22(24-12-15-7-9-23-10-8-15)16-4-3-11-27(13-16)21-20-19(25-14-26-21)17-5-1-2-6-18(17)29-20/h1-2,5-10,14,16H,3-4,11-13H2,(H,24,28)/t16-/m0/s1. The molecular formula is C22H21N5O2. The lowest BCUT2D eigenvalue weighted by Crippen LogP contribution is -2.43. The number of piperidine rings is 1. The monoisotopic (exact) mass is 387 g/mol. The maximum atomic E-state index is 12.7. The highest BCUT2D eigenvalue weighted by Crippen LogP contribution is 2.33. The second-order valence-electron chi connectivity index (χ2n) is 7.33. The highest BCUT2D eigenvalue weighted by molar-refractivity contribution is 6.05. The van der Waals surface area contributed by atoms with E-state index in [1.165, 1.54) is 0 Å². The molecule has 7 heteroatoms. The van der Waals surface area contributed by atoms with Crippen molar-refractivity contribution < 1.29 is 9.21 Å². The van der Waals surface area contributed by atoms with Crippen LogP contribution in [0.4, 0.5) is 5.82 Å². The van der Waals surface area contributed by atoms with Gasteiger partial charge in [-0.15, -0.1) is 0 Å². The van der Waals surface area contributed by atoms with Crippen LogP contribution in [0.1, 0.15) is 18.4 Å². The molecule has 1 fully saturated rings. The summed E-state index contributed by atoms with van der Waals surface area (Å²) < 4.78 is 6.06. The second-order valence-corrected chi connectivity index (χ2v) is 7.33. The number of furan rings is 1. The molecule has 1 amide bonds. The number of nitrogens with one attached hydrogen (secondary N) is 1. The number of hydrogen-bond donors (Lipinski definition) is 1. The quantitative estimate of drug-likeness (QED) is 0.578. The molecule has 0 radical (unpaired) electrons. The number of hydrogen-bond acceptors (Lipinski definition) is 6. The third kappa shape index (κ3) is 3.40. The van der Waals surface area contributed by atoms with Crippen molar-refractivity contribution >= 4 is 33.8 Å². The Bertz CT molecular complexity index is 1160. The number of nitrogens with zero attached hydrogens (tertiary/aromatic N) is 4. The average Bonchev–Trinajstić information content (AvgIpc) is 3.17. The van der Waals surface area contributed by atoms with Gasteiger partial charge >= 0.3 is 0 Å². The lowest BCUT2D eigenvalue weighted by atomic mass is 9.97. The summed E-state index contributed by atoms with van der Waals surface area (Å²) in [5.41, 5.74) is 3.34. The van der Waals surface area contributed by atoms with E-state index in [-0.39, 0.29) is 11.8 Å². The van der Waals surface area contributed by atoms with Crippen molar-refractivity contribution in [2.45, 2.75) is 19.4 Å². The zero-order chi connectivity index (χ0) is 19.6. The molecule has 4 aromatic rings. The Balaban J connectivity index is 1.36. The van der Waals surface area contributed by atoms with Crippen molar-refractivity contribution in [1.82, 2.24) is 20.3 Å². The summed E-state index contributed by atoms with van der Waals surface area (Å²) in [7, 11) is 0. The van der Waals surface area contributed by atoms with E-state index in [4.69, 9.17) is 4.42 Å². The van der Waals surface area contributed by atoms with Crippen molar-refractivity contribution in [3.05, 3.63) is 60.7 Å². The Morgan fingerprint density at radius 3 is 2.93 bits per heavy atom. The zero-order valence-electron chi connectivity index (χ0n) is 15.9. The van der Waals surface area contributed by atoms with E-state index < -0.39 is 0 Å². The van der Waals surface area contributed by atoms with Crippen LogP contribution in [0.5, 0.6) is 0 Å². The minimum Gasteiger partial charge on any atom is -0.450 e. The first kappa shape index (κ1) is 17.6. The molecule has 0 aliphatic carbocycles. The fourth-order valence-corrected chi connectivity index (χ4v) is 3.95. The molecule has 1 N–H and O–H groups in total. The zero-order valence-corrected chi connectivity index (χ0v) is 15.9. The van der Waals surface area contributed by atoms with E-state index in [0.29, 0.717) is 18.7 Å². The van der Waals surface area contributed by atoms with Crippen LogP contribution >= 0.6 is 0 Å². The normalized spacial score (nSPS) is 17.0. The first-order chi connectivity index (χ1) is 14.3. The molecule has 1 atom stereocenters. The summed E-state index contributed by atoms with van der Waals surface area (Å²) in [5, 5.41) is 4.03. The molecule has 1 aromatic carbocycles. The van der Waals surface area contributed by atoms with Gasteiger partial charge in [0.2, 0.25) is 5.91 Å². The topological polar surface area (TPSA) is 84.2 Å². The average molecular weight is 387 g/mol. The Morgan fingerprint density at radius 1 is 1.17 bits per heavy atom. The molecule has 29 heavy (non-hydrogen) atoms. The van der Waals surface area contributed by atoms with Crippen molar-refractivity contribution in [2.24, 2.45) is 5.92 Å². The third-order valence-corrected chi connectivity index (χ3v) is 5.45. The maximum absolute atomic E-state index is 12.7. The van der Waals surface area contributed by atoms with Gasteiger partial charge in [0.1, 0.15) is 17.4 Å². The number of benzene rings is 1. The predicted octanol–water partition coefficient (Wildman–Crippen LogP) is 3.30. The summed E-state index contributed by atoms with van der Waals surface area (Å²) in [4.78, 5) is 27.8. The minimum absolute atomic E-state index is 0.0708. The Morgan fingerprint density at radius 2 is 2.03 bits per heavy atom. The van der Waals surface area contributed by atoms with Crippen LogP contribution in [0.2, 0.25) is 0 Å². The number of pyridine rings is 1. The molecule has 4 heterocycles. The van der Waals surface area contributed by atoms with E-state index in [1.807, 2.05) is 36.4 Å². The molecule has 3 aromatic heterocycles. The van der Waals surface area contributed by atoms with Crippen molar-refractivity contribution in [3.8, 4) is 0 Å². The van der Waals surface area contributed by atoms with Crippen LogP contribution in [0, 0.1) is 5.92 Å². The maximum Gasteiger partial charge on any atom is 0.225 e. The molecular weight excluding hydrogens is 366 g/mol. The number of anilines is 1. The lowest BCUT2D eigenvalue weighted by Gasteiger charge is -2.32. The van der Waals surface area contributed by atoms with Gasteiger partial charge in [-0.05, 0) is 42.7 Å². The van der Waals surface area contributed by atoms with Crippen LogP contribution in [-0.2, 0) is 11.3 Å². The van der Waals surface area contributed by atoms with E-state index >= 15 is 0 Å². The smallest absolute Gasteiger partial charge is 0.225 e. The molecule has 1 aliphatic heterocycles. The molecule has 0 bridgehead atoms. The van der Waals surface area contributed by atoms with Gasteiger partial charge in [0.25, 0.3) is 0 Å². The SMILES string of the molecule is O=C(NCc1ccncc1)[C@H]1CCCN(c2ncnc3c2oc2ccccc23)C1. The van der Waals surface area contributed by atoms with E-state index in [2.05, 4.69) is 25.2 Å². The molecule has 146 valence electrons. The summed E-state index contributed by atoms with van der Waals surface area (Å²) in [6, 6.07) is 11.7. The number of rotatable bonds is 4. The van der Waals surface area contributed by atoms with Gasteiger partial charge in [0.05, 0.1) is 5.92 Å². The molecule has 0 saturated carbocycles. The number of carbonyl (C=O) groups excluding carboxylic acids is 1. The number of aromatic nitrogens is 3. The summed E-state index contributed by atoms with van der Waals surface area (Å²) in [6.45, 7) is 1.97. The van der Waals surface area contributed by atoms with Gasteiger partial charge in [-0.2, -0.15) is 0 Å². The summed E-state index contributed by atoms with van der Waals surface area (Å²) in [6.07, 6.45) is 6.84. The fraction of sp³-hybridized carbons (Fsp3) is 0.273. The fourth-order valence-electron chi connectivity index (χ4n) is 3.95. The Labute approximate surface area is 167 Å². The number of carbonyl (C=O) groups is 1. The highest BCUT2D eigenvalue weighted by Gasteiger charge is 2.28. The minimum atomic E-state index is -0.0834. The highest BCUT2D eigenvalue weighted by atomic mass is 16.3. The van der Waals surface area contributed by atoms with Crippen LogP contribution in [-0.4, -0.2) is 33.9 Å². The lowest BCUT2D eigenvalue weighted by molar-refractivity contribution is -0.125. The van der Waals surface area contributed by atoms with Crippen LogP contribution in [0.15, 0.2) is 59.5 Å². The largest absolute Gasteiger partial charge is 0.450 e. The molecule has 0 spiro atoms. The first-order valence-corrected chi connectivity index (χ1v) is 9.83. The Hall–Kier alpha value is -3.48. The molecule has 7 nitrogen and oxygen atoms in total. The second kappa shape index (κ2) is 7.50. The molecule has 1 saturated heterocycles. The van der Waals surface area contributed by atoms with Gasteiger partial charge in [0.15, 0.2) is 11.4 Å². The van der Waals surface area contributed by atoms with Crippen LogP contribution < -0.4 is 10.2 Å².